The summed E-state index contributed by atoms with van der Waals surface area (Å²) < 4.78 is 5.91. The standard InChI is InChI=1S/C25H26ClN7O2/c1-2-23(34)30-16-7-5-8-17(12-16)31-24-21(27)14-29-25(33-24)32-18-9-10-22(20(26)13-18)35-15-19-6-3-4-11-28-19/h2-9,11-14,22,24,31H,1,10,15,27H2,(H,30,34)(H2,29,32,33). The number of benzene rings is 1. The number of allylic oxidation sites excluding steroid dienone is 1. The Kier molecular flexibility index (Phi) is 7.81. The van der Waals surface area contributed by atoms with Gasteiger partial charge in [0.15, 0.2) is 6.17 Å². The van der Waals surface area contributed by atoms with Crippen LogP contribution in [0.1, 0.15) is 12.1 Å². The largest absolute Gasteiger partial charge is 0.398 e. The quantitative estimate of drug-likeness (QED) is 0.359. The number of carbonyl (C=O) groups excluding carboxylic acids is 1. The van der Waals surface area contributed by atoms with Crippen molar-refractivity contribution in [2.75, 3.05) is 10.6 Å². The molecule has 2 unspecified atom stereocenters. The number of carbonyl (C=O) groups is 1. The fourth-order valence-corrected chi connectivity index (χ4v) is 3.65. The number of nitrogens with two attached hydrogens (primary N) is 1. The van der Waals surface area contributed by atoms with E-state index in [1.54, 1.807) is 24.5 Å². The summed E-state index contributed by atoms with van der Waals surface area (Å²) in [4.78, 5) is 20.4. The molecule has 35 heavy (non-hydrogen) atoms. The van der Waals surface area contributed by atoms with Gasteiger partial charge in [-0.2, -0.15) is 0 Å². The van der Waals surface area contributed by atoms with E-state index in [0.29, 0.717) is 35.4 Å². The van der Waals surface area contributed by atoms with Crippen LogP contribution in [0.3, 0.4) is 0 Å². The molecular formula is C25H26ClN7O2. The summed E-state index contributed by atoms with van der Waals surface area (Å²) in [5.74, 6) is 0.220. The monoisotopic (exact) mass is 491 g/mol. The second-order valence-electron chi connectivity index (χ2n) is 7.76. The van der Waals surface area contributed by atoms with Gasteiger partial charge in [0, 0.05) is 34.5 Å². The van der Waals surface area contributed by atoms with Gasteiger partial charge < -0.3 is 31.7 Å². The van der Waals surface area contributed by atoms with Crippen molar-refractivity contribution in [1.29, 1.82) is 0 Å². The lowest BCUT2D eigenvalue weighted by molar-refractivity contribution is -0.111. The average molecular weight is 492 g/mol. The molecule has 0 fully saturated rings. The Morgan fingerprint density at radius 2 is 2.14 bits per heavy atom. The van der Waals surface area contributed by atoms with Gasteiger partial charge >= 0.3 is 0 Å². The SMILES string of the molecule is C=CC(=O)Nc1cccc(NC2N=C(NC3=CCC(OCc4ccccn4)C(Cl)=C3)NC=C2N)c1. The van der Waals surface area contributed by atoms with Crippen molar-refractivity contribution < 1.29 is 9.53 Å². The topological polar surface area (TPSA) is 126 Å². The van der Waals surface area contributed by atoms with E-state index in [1.807, 2.05) is 42.5 Å². The van der Waals surface area contributed by atoms with Crippen LogP contribution < -0.4 is 27.0 Å². The number of anilines is 2. The van der Waals surface area contributed by atoms with Crippen molar-refractivity contribution in [2.24, 2.45) is 10.7 Å². The molecular weight excluding hydrogens is 466 g/mol. The van der Waals surface area contributed by atoms with Crippen molar-refractivity contribution in [3.05, 3.63) is 102 Å². The molecule has 0 spiro atoms. The highest BCUT2D eigenvalue weighted by Crippen LogP contribution is 2.24. The molecule has 1 amide bonds. The van der Waals surface area contributed by atoms with Gasteiger partial charge in [0.05, 0.1) is 24.1 Å². The van der Waals surface area contributed by atoms with E-state index >= 15 is 0 Å². The van der Waals surface area contributed by atoms with Gasteiger partial charge in [-0.3, -0.25) is 9.78 Å². The minimum Gasteiger partial charge on any atom is -0.398 e. The lowest BCUT2D eigenvalue weighted by Gasteiger charge is -2.25. The first kappa shape index (κ1) is 24.1. The number of ether oxygens (including phenoxy) is 1. The predicted molar refractivity (Wildman–Crippen MR) is 138 cm³/mol. The summed E-state index contributed by atoms with van der Waals surface area (Å²) in [5, 5.41) is 12.8. The van der Waals surface area contributed by atoms with Gasteiger partial charge in [0.1, 0.15) is 0 Å². The summed E-state index contributed by atoms with van der Waals surface area (Å²) in [6, 6.07) is 12.9. The summed E-state index contributed by atoms with van der Waals surface area (Å²) in [5.41, 5.74) is 9.65. The number of aliphatic imine (C=N–C) groups is 1. The van der Waals surface area contributed by atoms with E-state index in [-0.39, 0.29) is 12.0 Å². The minimum absolute atomic E-state index is 0.232. The Morgan fingerprint density at radius 1 is 1.29 bits per heavy atom. The van der Waals surface area contributed by atoms with E-state index in [9.17, 15) is 4.79 Å². The van der Waals surface area contributed by atoms with Crippen LogP contribution in [0.25, 0.3) is 0 Å². The molecule has 0 radical (unpaired) electrons. The third kappa shape index (κ3) is 6.72. The van der Waals surface area contributed by atoms with Crippen LogP contribution >= 0.6 is 11.6 Å². The summed E-state index contributed by atoms with van der Waals surface area (Å²) in [6.07, 6.45) is 8.29. The lowest BCUT2D eigenvalue weighted by Crippen LogP contribution is -2.42. The molecule has 0 saturated carbocycles. The van der Waals surface area contributed by atoms with Crippen molar-refractivity contribution in [3.63, 3.8) is 0 Å². The molecule has 2 heterocycles. The maximum absolute atomic E-state index is 11.6. The van der Waals surface area contributed by atoms with Crippen molar-refractivity contribution in [3.8, 4) is 0 Å². The van der Waals surface area contributed by atoms with Gasteiger partial charge in [-0.25, -0.2) is 4.99 Å². The lowest BCUT2D eigenvalue weighted by atomic mass is 10.1. The Balaban J connectivity index is 1.36. The molecule has 6 N–H and O–H groups in total. The Morgan fingerprint density at radius 3 is 2.91 bits per heavy atom. The van der Waals surface area contributed by atoms with Gasteiger partial charge in [-0.15, -0.1) is 0 Å². The number of halogens is 1. The zero-order valence-corrected chi connectivity index (χ0v) is 19.6. The molecule has 180 valence electrons. The van der Waals surface area contributed by atoms with Gasteiger partial charge in [0.2, 0.25) is 11.9 Å². The summed E-state index contributed by atoms with van der Waals surface area (Å²) in [6.45, 7) is 3.85. The fraction of sp³-hybridized carbons (Fsp3) is 0.160. The molecule has 10 heteroatoms. The molecule has 1 aliphatic heterocycles. The molecule has 1 aromatic heterocycles. The van der Waals surface area contributed by atoms with E-state index in [1.165, 1.54) is 6.08 Å². The second kappa shape index (κ2) is 11.4. The van der Waals surface area contributed by atoms with Crippen molar-refractivity contribution >= 4 is 34.8 Å². The van der Waals surface area contributed by atoms with Crippen LogP contribution in [-0.2, 0) is 16.1 Å². The van der Waals surface area contributed by atoms with E-state index in [4.69, 9.17) is 22.1 Å². The number of pyridine rings is 1. The Bertz CT molecular complexity index is 1210. The maximum atomic E-state index is 11.6. The zero-order chi connectivity index (χ0) is 24.6. The van der Waals surface area contributed by atoms with Crippen molar-refractivity contribution in [1.82, 2.24) is 15.6 Å². The molecule has 2 aromatic rings. The Hall–Kier alpha value is -4.08. The molecule has 1 aliphatic carbocycles. The first-order valence-electron chi connectivity index (χ1n) is 11.0. The maximum Gasteiger partial charge on any atom is 0.247 e. The van der Waals surface area contributed by atoms with Crippen LogP contribution in [0.5, 0.6) is 0 Å². The highest BCUT2D eigenvalue weighted by molar-refractivity contribution is 6.30. The smallest absolute Gasteiger partial charge is 0.247 e. The predicted octanol–water partition coefficient (Wildman–Crippen LogP) is 3.29. The summed E-state index contributed by atoms with van der Waals surface area (Å²) >= 11 is 6.48. The minimum atomic E-state index is -0.512. The number of hydrogen-bond acceptors (Lipinski definition) is 8. The number of nitrogens with zero attached hydrogens (tertiary/aromatic N) is 2. The van der Waals surface area contributed by atoms with Crippen LogP contribution in [0.2, 0.25) is 0 Å². The van der Waals surface area contributed by atoms with Crippen LogP contribution in [0.4, 0.5) is 11.4 Å². The highest BCUT2D eigenvalue weighted by Gasteiger charge is 2.20. The first-order valence-corrected chi connectivity index (χ1v) is 11.3. The van der Waals surface area contributed by atoms with Crippen molar-refractivity contribution in [2.45, 2.75) is 25.3 Å². The average Bonchev–Trinajstić information content (AvgIpc) is 2.86. The third-order valence-corrected chi connectivity index (χ3v) is 5.49. The molecule has 2 atom stereocenters. The molecule has 4 rings (SSSR count). The molecule has 1 aromatic carbocycles. The normalized spacial score (nSPS) is 19.2. The number of aromatic nitrogens is 1. The third-order valence-electron chi connectivity index (χ3n) is 5.14. The number of hydrogen-bond donors (Lipinski definition) is 5. The summed E-state index contributed by atoms with van der Waals surface area (Å²) in [7, 11) is 0. The van der Waals surface area contributed by atoms with E-state index in [2.05, 4.69) is 37.8 Å². The first-order chi connectivity index (χ1) is 17.0. The van der Waals surface area contributed by atoms with Crippen LogP contribution in [-0.4, -0.2) is 29.1 Å². The number of rotatable bonds is 8. The van der Waals surface area contributed by atoms with E-state index < -0.39 is 6.17 Å². The number of amides is 1. The molecule has 2 aliphatic rings. The van der Waals surface area contributed by atoms with Crippen LogP contribution in [0.15, 0.2) is 101 Å². The van der Waals surface area contributed by atoms with Gasteiger partial charge in [-0.1, -0.05) is 36.4 Å². The second-order valence-corrected chi connectivity index (χ2v) is 8.19. The Labute approximate surface area is 208 Å². The molecule has 9 nitrogen and oxygen atoms in total. The zero-order valence-electron chi connectivity index (χ0n) is 18.9. The fourth-order valence-electron chi connectivity index (χ4n) is 3.38. The van der Waals surface area contributed by atoms with Crippen LogP contribution in [0, 0.1) is 0 Å². The number of guanidine groups is 1. The number of nitrogens with one attached hydrogen (secondary N) is 4. The van der Waals surface area contributed by atoms with Gasteiger partial charge in [0.25, 0.3) is 0 Å². The van der Waals surface area contributed by atoms with E-state index in [0.717, 1.165) is 17.1 Å². The molecule has 0 bridgehead atoms. The van der Waals surface area contributed by atoms with Gasteiger partial charge in [-0.05, 0) is 48.9 Å². The highest BCUT2D eigenvalue weighted by atomic mass is 35.5. The molecule has 0 saturated heterocycles.